The Bertz CT molecular complexity index is 313. The third-order valence-electron chi connectivity index (χ3n) is 2.14. The Kier molecular flexibility index (Phi) is 3.22. The fourth-order valence-corrected chi connectivity index (χ4v) is 1.18. The summed E-state index contributed by atoms with van der Waals surface area (Å²) < 4.78 is 0. The first-order valence-electron chi connectivity index (χ1n) is 4.32. The lowest BCUT2D eigenvalue weighted by Crippen LogP contribution is -2.56. The summed E-state index contributed by atoms with van der Waals surface area (Å²) in [6.45, 7) is -0.447. The van der Waals surface area contributed by atoms with Crippen molar-refractivity contribution in [2.75, 3.05) is 6.61 Å². The fraction of sp³-hybridized carbons (Fsp3) is 0.300. The summed E-state index contributed by atoms with van der Waals surface area (Å²) in [4.78, 5) is 11.0. The van der Waals surface area contributed by atoms with Crippen molar-refractivity contribution in [2.45, 2.75) is 12.0 Å². The van der Waals surface area contributed by atoms with Crippen LogP contribution in [-0.4, -0.2) is 23.2 Å². The third-order valence-corrected chi connectivity index (χ3v) is 2.14. The Labute approximate surface area is 82.5 Å². The molecule has 1 atom stereocenters. The van der Waals surface area contributed by atoms with Gasteiger partial charge in [-0.1, -0.05) is 30.3 Å². The Morgan fingerprint density at radius 1 is 1.36 bits per heavy atom. The number of aliphatic hydroxyl groups excluding tert-OH is 1. The Balaban J connectivity index is 2.81. The number of nitrogens with two attached hydrogens (primary N) is 2. The number of rotatable bonds is 4. The highest BCUT2D eigenvalue weighted by molar-refractivity contribution is 5.84. The third kappa shape index (κ3) is 2.31. The maximum Gasteiger partial charge on any atom is 0.240 e. The molecule has 0 saturated carbocycles. The molecule has 0 radical (unpaired) electrons. The lowest BCUT2D eigenvalue weighted by Gasteiger charge is -2.23. The van der Waals surface area contributed by atoms with E-state index >= 15 is 0 Å². The highest BCUT2D eigenvalue weighted by atomic mass is 16.3. The van der Waals surface area contributed by atoms with E-state index in [2.05, 4.69) is 0 Å². The standard InChI is InChI=1S/C10H14N2O2/c11-9(14)10(12,7-13)6-8-4-2-1-3-5-8/h1-5,13H,6-7,12H2,(H2,11,14)/t10-/m0/s1. The van der Waals surface area contributed by atoms with E-state index in [0.717, 1.165) is 5.56 Å². The molecule has 1 aromatic carbocycles. The highest BCUT2D eigenvalue weighted by Gasteiger charge is 2.31. The average molecular weight is 194 g/mol. The van der Waals surface area contributed by atoms with Gasteiger partial charge in [0, 0.05) is 6.42 Å². The van der Waals surface area contributed by atoms with E-state index < -0.39 is 18.1 Å². The molecule has 0 aliphatic heterocycles. The van der Waals surface area contributed by atoms with Crippen LogP contribution >= 0.6 is 0 Å². The SMILES string of the molecule is NC(=O)[C@@](N)(CO)Cc1ccccc1. The molecule has 5 N–H and O–H groups in total. The normalized spacial score (nSPS) is 14.7. The molecule has 0 spiro atoms. The summed E-state index contributed by atoms with van der Waals surface area (Å²) in [5.74, 6) is -0.691. The number of hydrogen-bond donors (Lipinski definition) is 3. The van der Waals surface area contributed by atoms with E-state index in [9.17, 15) is 4.79 Å². The minimum Gasteiger partial charge on any atom is -0.394 e. The smallest absolute Gasteiger partial charge is 0.240 e. The van der Waals surface area contributed by atoms with Crippen LogP contribution in [0, 0.1) is 0 Å². The quantitative estimate of drug-likeness (QED) is 0.598. The second kappa shape index (κ2) is 4.21. The van der Waals surface area contributed by atoms with Crippen LogP contribution in [0.25, 0.3) is 0 Å². The lowest BCUT2D eigenvalue weighted by molar-refractivity contribution is -0.124. The molecule has 1 rings (SSSR count). The van der Waals surface area contributed by atoms with Crippen molar-refractivity contribution in [2.24, 2.45) is 11.5 Å². The van der Waals surface area contributed by atoms with Crippen molar-refractivity contribution in [1.82, 2.24) is 0 Å². The molecular weight excluding hydrogens is 180 g/mol. The van der Waals surface area contributed by atoms with Gasteiger partial charge in [-0.25, -0.2) is 0 Å². The number of amides is 1. The van der Waals surface area contributed by atoms with Gasteiger partial charge in [0.05, 0.1) is 6.61 Å². The van der Waals surface area contributed by atoms with E-state index in [1.54, 1.807) is 0 Å². The van der Waals surface area contributed by atoms with Gasteiger partial charge in [-0.2, -0.15) is 0 Å². The first kappa shape index (κ1) is 10.7. The molecule has 0 aliphatic rings. The molecule has 76 valence electrons. The molecule has 0 heterocycles. The van der Waals surface area contributed by atoms with Crippen molar-refractivity contribution >= 4 is 5.91 Å². The Morgan fingerprint density at radius 3 is 2.36 bits per heavy atom. The molecular formula is C10H14N2O2. The van der Waals surface area contributed by atoms with Gasteiger partial charge in [-0.05, 0) is 5.56 Å². The van der Waals surface area contributed by atoms with Gasteiger partial charge in [-0.15, -0.1) is 0 Å². The minimum absolute atomic E-state index is 0.250. The van der Waals surface area contributed by atoms with Gasteiger partial charge >= 0.3 is 0 Å². The largest absolute Gasteiger partial charge is 0.394 e. The summed E-state index contributed by atoms with van der Waals surface area (Å²) in [7, 11) is 0. The average Bonchev–Trinajstić information content (AvgIpc) is 2.19. The van der Waals surface area contributed by atoms with Gasteiger partial charge < -0.3 is 16.6 Å². The van der Waals surface area contributed by atoms with Crippen molar-refractivity contribution in [3.63, 3.8) is 0 Å². The Morgan fingerprint density at radius 2 is 1.93 bits per heavy atom. The molecule has 1 aromatic rings. The minimum atomic E-state index is -1.36. The lowest BCUT2D eigenvalue weighted by atomic mass is 9.92. The van der Waals surface area contributed by atoms with Gasteiger partial charge in [0.2, 0.25) is 5.91 Å². The summed E-state index contributed by atoms with van der Waals surface area (Å²) in [5, 5.41) is 8.99. The zero-order valence-corrected chi connectivity index (χ0v) is 7.81. The van der Waals surface area contributed by atoms with E-state index in [4.69, 9.17) is 16.6 Å². The van der Waals surface area contributed by atoms with Crippen LogP contribution < -0.4 is 11.5 Å². The molecule has 0 aliphatic carbocycles. The topological polar surface area (TPSA) is 89.3 Å². The fourth-order valence-electron chi connectivity index (χ4n) is 1.18. The van der Waals surface area contributed by atoms with E-state index in [1.165, 1.54) is 0 Å². The predicted octanol–water partition coefficient (Wildman–Crippen LogP) is -0.596. The maximum atomic E-state index is 11.0. The van der Waals surface area contributed by atoms with Crippen molar-refractivity contribution in [1.29, 1.82) is 0 Å². The summed E-state index contributed by atoms with van der Waals surface area (Å²) in [6, 6.07) is 9.22. The molecule has 0 unspecified atom stereocenters. The highest BCUT2D eigenvalue weighted by Crippen LogP contribution is 2.09. The molecule has 0 bridgehead atoms. The summed E-state index contributed by atoms with van der Waals surface area (Å²) >= 11 is 0. The van der Waals surface area contributed by atoms with Crippen LogP contribution in [0.3, 0.4) is 0 Å². The predicted molar refractivity (Wildman–Crippen MR) is 53.3 cm³/mol. The molecule has 0 aromatic heterocycles. The number of benzene rings is 1. The molecule has 0 fully saturated rings. The van der Waals surface area contributed by atoms with Gasteiger partial charge in [0.15, 0.2) is 0 Å². The summed E-state index contributed by atoms with van der Waals surface area (Å²) in [5.41, 5.74) is 10.3. The number of aliphatic hydroxyl groups is 1. The van der Waals surface area contributed by atoms with Gasteiger partial charge in [-0.3, -0.25) is 4.79 Å². The molecule has 0 saturated heterocycles. The van der Waals surface area contributed by atoms with E-state index in [0.29, 0.717) is 0 Å². The second-order valence-corrected chi connectivity index (χ2v) is 3.34. The molecule has 4 nitrogen and oxygen atoms in total. The number of primary amides is 1. The van der Waals surface area contributed by atoms with Crippen molar-refractivity contribution < 1.29 is 9.90 Å². The van der Waals surface area contributed by atoms with Crippen LogP contribution in [0.1, 0.15) is 5.56 Å². The number of carbonyl (C=O) groups excluding carboxylic acids is 1. The van der Waals surface area contributed by atoms with Gasteiger partial charge in [0.1, 0.15) is 5.54 Å². The van der Waals surface area contributed by atoms with Crippen LogP contribution in [0.5, 0.6) is 0 Å². The monoisotopic (exact) mass is 194 g/mol. The molecule has 14 heavy (non-hydrogen) atoms. The number of hydrogen-bond acceptors (Lipinski definition) is 3. The Hall–Kier alpha value is -1.39. The number of carbonyl (C=O) groups is 1. The van der Waals surface area contributed by atoms with Crippen LogP contribution in [-0.2, 0) is 11.2 Å². The van der Waals surface area contributed by atoms with Crippen LogP contribution in [0.4, 0.5) is 0 Å². The zero-order valence-electron chi connectivity index (χ0n) is 7.81. The van der Waals surface area contributed by atoms with E-state index in [-0.39, 0.29) is 6.42 Å². The van der Waals surface area contributed by atoms with E-state index in [1.807, 2.05) is 30.3 Å². The second-order valence-electron chi connectivity index (χ2n) is 3.34. The zero-order chi connectivity index (χ0) is 10.6. The van der Waals surface area contributed by atoms with Crippen molar-refractivity contribution in [3.8, 4) is 0 Å². The molecule has 4 heteroatoms. The summed E-state index contributed by atoms with van der Waals surface area (Å²) in [6.07, 6.45) is 0.250. The molecule has 1 amide bonds. The van der Waals surface area contributed by atoms with Crippen LogP contribution in [0.15, 0.2) is 30.3 Å². The first-order chi connectivity index (χ1) is 6.58. The van der Waals surface area contributed by atoms with Crippen molar-refractivity contribution in [3.05, 3.63) is 35.9 Å². The first-order valence-corrected chi connectivity index (χ1v) is 4.32. The van der Waals surface area contributed by atoms with Crippen LogP contribution in [0.2, 0.25) is 0 Å². The maximum absolute atomic E-state index is 11.0. The van der Waals surface area contributed by atoms with Gasteiger partial charge in [0.25, 0.3) is 0 Å².